The number of ether oxygens (including phenoxy) is 1. The maximum Gasteiger partial charge on any atom is 0.246 e. The molecule has 1 fully saturated rings. The molecule has 94 valence electrons. The molecule has 1 saturated heterocycles. The Morgan fingerprint density at radius 2 is 1.72 bits per heavy atom. The van der Waals surface area contributed by atoms with Crippen LogP contribution in [-0.4, -0.2) is 42.9 Å². The quantitative estimate of drug-likeness (QED) is 0.595. The van der Waals surface area contributed by atoms with Crippen LogP contribution in [-0.2, 0) is 9.53 Å². The Hall–Kier alpha value is -1.94. The van der Waals surface area contributed by atoms with Gasteiger partial charge in [-0.1, -0.05) is 30.3 Å². The molecule has 1 aliphatic heterocycles. The van der Waals surface area contributed by atoms with Crippen LogP contribution >= 0.6 is 0 Å². The van der Waals surface area contributed by atoms with E-state index in [1.807, 2.05) is 6.07 Å². The van der Waals surface area contributed by atoms with Crippen molar-refractivity contribution in [3.8, 4) is 0 Å². The molecule has 1 aromatic rings. The zero-order valence-electron chi connectivity index (χ0n) is 10.0. The molecule has 1 amide bonds. The Morgan fingerprint density at radius 3 is 2.39 bits per heavy atom. The second kappa shape index (κ2) is 6.12. The van der Waals surface area contributed by atoms with Crippen LogP contribution in [0.15, 0.2) is 42.5 Å². The maximum atomic E-state index is 11.8. The summed E-state index contributed by atoms with van der Waals surface area (Å²) >= 11 is 0. The molecule has 0 saturated carbocycles. The number of allylic oxidation sites excluding steroid dienone is 1. The minimum absolute atomic E-state index is 0.136. The predicted octanol–water partition coefficient (Wildman–Crippen LogP) is 1.28. The Labute approximate surface area is 106 Å². The minimum atomic E-state index is -0.155. The topological polar surface area (TPSA) is 46.6 Å². The highest BCUT2D eigenvalue weighted by molar-refractivity contribution is 6.07. The predicted molar refractivity (Wildman–Crippen MR) is 67.3 cm³/mol. The van der Waals surface area contributed by atoms with Crippen LogP contribution in [0.25, 0.3) is 0 Å². The number of morpholine rings is 1. The number of carbonyl (C=O) groups is 2. The van der Waals surface area contributed by atoms with Crippen LogP contribution in [0, 0.1) is 0 Å². The van der Waals surface area contributed by atoms with E-state index < -0.39 is 0 Å². The van der Waals surface area contributed by atoms with E-state index >= 15 is 0 Å². The van der Waals surface area contributed by atoms with Gasteiger partial charge in [0.2, 0.25) is 5.91 Å². The van der Waals surface area contributed by atoms with Crippen molar-refractivity contribution in [2.24, 2.45) is 0 Å². The summed E-state index contributed by atoms with van der Waals surface area (Å²) in [6, 6.07) is 8.90. The number of hydrogen-bond acceptors (Lipinski definition) is 3. The second-order valence-corrected chi connectivity index (χ2v) is 4.00. The van der Waals surface area contributed by atoms with E-state index in [0.29, 0.717) is 31.9 Å². The molecule has 1 heterocycles. The lowest BCUT2D eigenvalue weighted by Gasteiger charge is -2.25. The highest BCUT2D eigenvalue weighted by atomic mass is 16.5. The number of nitrogens with zero attached hydrogens (tertiary/aromatic N) is 1. The highest BCUT2D eigenvalue weighted by Crippen LogP contribution is 2.02. The molecule has 18 heavy (non-hydrogen) atoms. The number of ketones is 1. The molecule has 0 unspecified atom stereocenters. The van der Waals surface area contributed by atoms with E-state index in [-0.39, 0.29) is 11.7 Å². The lowest BCUT2D eigenvalue weighted by Crippen LogP contribution is -2.39. The third kappa shape index (κ3) is 3.28. The maximum absolute atomic E-state index is 11.8. The van der Waals surface area contributed by atoms with Crippen molar-refractivity contribution >= 4 is 11.7 Å². The number of hydrogen-bond donors (Lipinski definition) is 0. The summed E-state index contributed by atoms with van der Waals surface area (Å²) in [5, 5.41) is 0. The Morgan fingerprint density at radius 1 is 1.06 bits per heavy atom. The summed E-state index contributed by atoms with van der Waals surface area (Å²) in [5.41, 5.74) is 0.587. The van der Waals surface area contributed by atoms with Gasteiger partial charge in [0.05, 0.1) is 13.2 Å². The largest absolute Gasteiger partial charge is 0.378 e. The average molecular weight is 245 g/mol. The first-order chi connectivity index (χ1) is 8.77. The monoisotopic (exact) mass is 245 g/mol. The van der Waals surface area contributed by atoms with Crippen molar-refractivity contribution in [3.05, 3.63) is 48.0 Å². The molecule has 4 nitrogen and oxygen atoms in total. The van der Waals surface area contributed by atoms with Gasteiger partial charge in [-0.25, -0.2) is 0 Å². The van der Waals surface area contributed by atoms with E-state index in [9.17, 15) is 9.59 Å². The molecular weight excluding hydrogens is 230 g/mol. The van der Waals surface area contributed by atoms with Crippen molar-refractivity contribution < 1.29 is 14.3 Å². The molecule has 0 spiro atoms. The average Bonchev–Trinajstić information content (AvgIpc) is 2.46. The molecule has 2 rings (SSSR count). The van der Waals surface area contributed by atoms with E-state index in [0.717, 1.165) is 0 Å². The Bertz CT molecular complexity index is 447. The van der Waals surface area contributed by atoms with Crippen LogP contribution in [0.2, 0.25) is 0 Å². The van der Waals surface area contributed by atoms with Crippen molar-refractivity contribution in [2.75, 3.05) is 26.3 Å². The Kier molecular flexibility index (Phi) is 4.25. The van der Waals surface area contributed by atoms with E-state index in [4.69, 9.17) is 4.74 Å². The van der Waals surface area contributed by atoms with Gasteiger partial charge in [0.1, 0.15) is 0 Å². The van der Waals surface area contributed by atoms with Gasteiger partial charge in [-0.2, -0.15) is 0 Å². The van der Waals surface area contributed by atoms with Crippen LogP contribution < -0.4 is 0 Å². The summed E-state index contributed by atoms with van der Waals surface area (Å²) < 4.78 is 5.16. The molecule has 1 aliphatic rings. The van der Waals surface area contributed by atoms with Gasteiger partial charge < -0.3 is 9.64 Å². The minimum Gasteiger partial charge on any atom is -0.378 e. The number of rotatable bonds is 3. The molecule has 0 aromatic heterocycles. The summed E-state index contributed by atoms with van der Waals surface area (Å²) in [6.45, 7) is 2.30. The number of carbonyl (C=O) groups excluding carboxylic acids is 2. The summed E-state index contributed by atoms with van der Waals surface area (Å²) in [5.74, 6) is -0.292. The van der Waals surface area contributed by atoms with Crippen LogP contribution in [0.4, 0.5) is 0 Å². The molecule has 0 atom stereocenters. The van der Waals surface area contributed by atoms with Crippen LogP contribution in [0.5, 0.6) is 0 Å². The fraction of sp³-hybridized carbons (Fsp3) is 0.286. The highest BCUT2D eigenvalue weighted by Gasteiger charge is 2.14. The van der Waals surface area contributed by atoms with Gasteiger partial charge in [0.15, 0.2) is 5.78 Å². The van der Waals surface area contributed by atoms with Gasteiger partial charge in [0, 0.05) is 24.7 Å². The van der Waals surface area contributed by atoms with Crippen molar-refractivity contribution in [3.63, 3.8) is 0 Å². The number of amides is 1. The van der Waals surface area contributed by atoms with Gasteiger partial charge in [-0.3, -0.25) is 9.59 Å². The zero-order chi connectivity index (χ0) is 12.8. The van der Waals surface area contributed by atoms with E-state index in [2.05, 4.69) is 0 Å². The summed E-state index contributed by atoms with van der Waals surface area (Å²) in [7, 11) is 0. The van der Waals surface area contributed by atoms with E-state index in [1.165, 1.54) is 12.2 Å². The van der Waals surface area contributed by atoms with E-state index in [1.54, 1.807) is 29.2 Å². The second-order valence-electron chi connectivity index (χ2n) is 4.00. The first kappa shape index (κ1) is 12.5. The third-order valence-electron chi connectivity index (χ3n) is 2.76. The summed E-state index contributed by atoms with van der Waals surface area (Å²) in [4.78, 5) is 25.2. The third-order valence-corrected chi connectivity index (χ3v) is 2.76. The van der Waals surface area contributed by atoms with Gasteiger partial charge >= 0.3 is 0 Å². The first-order valence-corrected chi connectivity index (χ1v) is 5.91. The van der Waals surface area contributed by atoms with Crippen LogP contribution in [0.3, 0.4) is 0 Å². The number of benzene rings is 1. The van der Waals surface area contributed by atoms with Gasteiger partial charge in [-0.15, -0.1) is 0 Å². The Balaban J connectivity index is 1.94. The normalized spacial score (nSPS) is 15.9. The molecule has 0 aliphatic carbocycles. The smallest absolute Gasteiger partial charge is 0.246 e. The van der Waals surface area contributed by atoms with Crippen LogP contribution in [0.1, 0.15) is 10.4 Å². The molecule has 0 N–H and O–H groups in total. The lowest BCUT2D eigenvalue weighted by molar-refractivity contribution is -0.129. The SMILES string of the molecule is O=C(/C=C/C(=O)N1CCOCC1)c1ccccc1. The molecule has 0 radical (unpaired) electrons. The van der Waals surface area contributed by atoms with Gasteiger partial charge in [-0.05, 0) is 6.08 Å². The van der Waals surface area contributed by atoms with Crippen molar-refractivity contribution in [2.45, 2.75) is 0 Å². The first-order valence-electron chi connectivity index (χ1n) is 5.91. The molecule has 4 heteroatoms. The van der Waals surface area contributed by atoms with Crippen molar-refractivity contribution in [1.82, 2.24) is 4.90 Å². The van der Waals surface area contributed by atoms with Gasteiger partial charge in [0.25, 0.3) is 0 Å². The molecule has 0 bridgehead atoms. The zero-order valence-corrected chi connectivity index (χ0v) is 10.0. The lowest BCUT2D eigenvalue weighted by atomic mass is 10.1. The summed E-state index contributed by atoms with van der Waals surface area (Å²) in [6.07, 6.45) is 2.66. The fourth-order valence-electron chi connectivity index (χ4n) is 1.73. The molecule has 1 aromatic carbocycles. The standard InChI is InChI=1S/C14H15NO3/c16-13(12-4-2-1-3-5-12)6-7-14(17)15-8-10-18-11-9-15/h1-7H,8-11H2/b7-6+. The van der Waals surface area contributed by atoms with Crippen molar-refractivity contribution in [1.29, 1.82) is 0 Å². The molecular formula is C14H15NO3. The fourth-order valence-corrected chi connectivity index (χ4v) is 1.73.